The Morgan fingerprint density at radius 2 is 1.96 bits per heavy atom. The fourth-order valence-electron chi connectivity index (χ4n) is 2.55. The molecule has 0 fully saturated rings. The first kappa shape index (κ1) is 17.7. The van der Waals surface area contributed by atoms with Crippen LogP contribution >= 0.6 is 11.6 Å². The lowest BCUT2D eigenvalue weighted by Gasteiger charge is -2.27. The number of ether oxygens (including phenoxy) is 1. The minimum atomic E-state index is -1.06. The van der Waals surface area contributed by atoms with Gasteiger partial charge in [0.05, 0.1) is 12.2 Å². The number of amides is 1. The molecule has 6 nitrogen and oxygen atoms in total. The predicted octanol–water partition coefficient (Wildman–Crippen LogP) is 5.17. The lowest BCUT2D eigenvalue weighted by molar-refractivity contribution is 0.199. The predicted molar refractivity (Wildman–Crippen MR) is 98.9 cm³/mol. The molecule has 0 radical (unpaired) electrons. The number of aromatic nitrogens is 2. The van der Waals surface area contributed by atoms with Crippen molar-refractivity contribution in [2.24, 2.45) is 0 Å². The fraction of sp³-hybridized carbons (Fsp3) is 0.105. The van der Waals surface area contributed by atoms with Crippen LogP contribution in [0.5, 0.6) is 11.6 Å². The second kappa shape index (κ2) is 7.84. The van der Waals surface area contributed by atoms with Gasteiger partial charge >= 0.3 is 6.09 Å². The number of hydrogen-bond donors (Lipinski definition) is 1. The molecule has 2 aromatic carbocycles. The Labute approximate surface area is 155 Å². The van der Waals surface area contributed by atoms with Gasteiger partial charge in [-0.3, -0.25) is 9.88 Å². The van der Waals surface area contributed by atoms with Gasteiger partial charge in [-0.2, -0.15) is 0 Å². The van der Waals surface area contributed by atoms with E-state index in [4.69, 9.17) is 16.3 Å². The molecule has 0 saturated heterocycles. The van der Waals surface area contributed by atoms with E-state index in [1.165, 1.54) is 17.3 Å². The Morgan fingerprint density at radius 1 is 1.19 bits per heavy atom. The summed E-state index contributed by atoms with van der Waals surface area (Å²) in [6.45, 7) is 1.81. The molecule has 7 heteroatoms. The largest absolute Gasteiger partial charge is 0.465 e. The molecule has 0 aliphatic rings. The van der Waals surface area contributed by atoms with Crippen molar-refractivity contribution in [2.45, 2.75) is 13.0 Å². The van der Waals surface area contributed by atoms with Crippen LogP contribution in [0.25, 0.3) is 0 Å². The smallest absolute Gasteiger partial charge is 0.412 e. The normalized spacial score (nSPS) is 11.6. The topological polar surface area (TPSA) is 75.6 Å². The third-order valence-corrected chi connectivity index (χ3v) is 4.05. The van der Waals surface area contributed by atoms with Gasteiger partial charge in [-0.1, -0.05) is 23.7 Å². The van der Waals surface area contributed by atoms with Crippen LogP contribution in [0.3, 0.4) is 0 Å². The SMILES string of the molecule is C[C@H](c1cccc(Oc2cnccn2)c1)N(C(=O)O)c1ccc(Cl)cc1. The number of benzene rings is 2. The highest BCUT2D eigenvalue weighted by atomic mass is 35.5. The molecule has 0 aliphatic heterocycles. The number of halogens is 1. The molecule has 0 saturated carbocycles. The lowest BCUT2D eigenvalue weighted by Crippen LogP contribution is -2.32. The molecule has 1 amide bonds. The van der Waals surface area contributed by atoms with Crippen LogP contribution < -0.4 is 9.64 Å². The van der Waals surface area contributed by atoms with Gasteiger partial charge in [0.15, 0.2) is 0 Å². The third-order valence-electron chi connectivity index (χ3n) is 3.80. The minimum Gasteiger partial charge on any atom is -0.465 e. The third kappa shape index (κ3) is 4.10. The molecule has 0 unspecified atom stereocenters. The quantitative estimate of drug-likeness (QED) is 0.671. The van der Waals surface area contributed by atoms with Crippen LogP contribution in [-0.2, 0) is 0 Å². The highest BCUT2D eigenvalue weighted by Gasteiger charge is 2.23. The highest BCUT2D eigenvalue weighted by Crippen LogP contribution is 2.30. The summed E-state index contributed by atoms with van der Waals surface area (Å²) in [5, 5.41) is 10.2. The number of carbonyl (C=O) groups is 1. The molecule has 132 valence electrons. The van der Waals surface area contributed by atoms with E-state index in [0.29, 0.717) is 22.3 Å². The molecule has 3 aromatic rings. The molecule has 0 spiro atoms. The van der Waals surface area contributed by atoms with E-state index in [2.05, 4.69) is 9.97 Å². The summed E-state index contributed by atoms with van der Waals surface area (Å²) in [7, 11) is 0. The van der Waals surface area contributed by atoms with E-state index < -0.39 is 12.1 Å². The molecular formula is C19H16ClN3O3. The van der Waals surface area contributed by atoms with Gasteiger partial charge in [0.1, 0.15) is 5.75 Å². The maximum atomic E-state index is 11.8. The van der Waals surface area contributed by atoms with Gasteiger partial charge in [0, 0.05) is 23.1 Å². The van der Waals surface area contributed by atoms with Gasteiger partial charge in [-0.15, -0.1) is 0 Å². The maximum Gasteiger partial charge on any atom is 0.412 e. The first-order chi connectivity index (χ1) is 12.5. The second-order valence-electron chi connectivity index (χ2n) is 5.52. The van der Waals surface area contributed by atoms with E-state index in [9.17, 15) is 9.90 Å². The number of hydrogen-bond acceptors (Lipinski definition) is 4. The van der Waals surface area contributed by atoms with E-state index in [1.54, 1.807) is 48.7 Å². The molecule has 1 atom stereocenters. The van der Waals surface area contributed by atoms with Gasteiger partial charge < -0.3 is 9.84 Å². The first-order valence-electron chi connectivity index (χ1n) is 7.86. The zero-order valence-corrected chi connectivity index (χ0v) is 14.7. The summed E-state index contributed by atoms with van der Waals surface area (Å²) in [4.78, 5) is 21.1. The highest BCUT2D eigenvalue weighted by molar-refractivity contribution is 6.30. The average Bonchev–Trinajstić information content (AvgIpc) is 2.64. The molecular weight excluding hydrogens is 354 g/mol. The van der Waals surface area contributed by atoms with Crippen LogP contribution in [0.1, 0.15) is 18.5 Å². The fourth-order valence-corrected chi connectivity index (χ4v) is 2.67. The summed E-state index contributed by atoms with van der Waals surface area (Å²) >= 11 is 5.90. The maximum absolute atomic E-state index is 11.8. The number of carboxylic acid groups (broad SMARTS) is 1. The van der Waals surface area contributed by atoms with Crippen molar-refractivity contribution in [3.63, 3.8) is 0 Å². The number of rotatable bonds is 5. The molecule has 1 N–H and O–H groups in total. The van der Waals surface area contributed by atoms with Crippen molar-refractivity contribution in [1.82, 2.24) is 9.97 Å². The standard InChI is InChI=1S/C19H16ClN3O3/c1-13(23(19(24)25)16-7-5-15(20)6-8-16)14-3-2-4-17(11-14)26-18-12-21-9-10-22-18/h2-13H,1H3,(H,24,25)/t13-/m1/s1. The van der Waals surface area contributed by atoms with Crippen LogP contribution in [0.4, 0.5) is 10.5 Å². The van der Waals surface area contributed by atoms with Crippen LogP contribution in [0.15, 0.2) is 67.1 Å². The van der Waals surface area contributed by atoms with Crippen molar-refractivity contribution < 1.29 is 14.6 Å². The number of anilines is 1. The van der Waals surface area contributed by atoms with E-state index in [1.807, 2.05) is 13.0 Å². The van der Waals surface area contributed by atoms with Gasteiger partial charge in [0.2, 0.25) is 5.88 Å². The first-order valence-corrected chi connectivity index (χ1v) is 8.24. The summed E-state index contributed by atoms with van der Waals surface area (Å²) < 4.78 is 5.67. The minimum absolute atomic E-state index is 0.366. The van der Waals surface area contributed by atoms with Crippen molar-refractivity contribution in [3.05, 3.63) is 77.7 Å². The summed E-state index contributed by atoms with van der Waals surface area (Å²) in [6, 6.07) is 13.4. The Morgan fingerprint density at radius 3 is 2.62 bits per heavy atom. The molecule has 0 aliphatic carbocycles. The van der Waals surface area contributed by atoms with Crippen molar-refractivity contribution in [3.8, 4) is 11.6 Å². The van der Waals surface area contributed by atoms with Crippen LogP contribution in [0, 0.1) is 0 Å². The lowest BCUT2D eigenvalue weighted by atomic mass is 10.1. The zero-order valence-electron chi connectivity index (χ0n) is 13.9. The molecule has 0 bridgehead atoms. The average molecular weight is 370 g/mol. The Kier molecular flexibility index (Phi) is 5.34. The van der Waals surface area contributed by atoms with Crippen LogP contribution in [0.2, 0.25) is 5.02 Å². The summed E-state index contributed by atoms with van der Waals surface area (Å²) in [5.41, 5.74) is 1.32. The second-order valence-corrected chi connectivity index (χ2v) is 5.96. The van der Waals surface area contributed by atoms with E-state index in [0.717, 1.165) is 5.56 Å². The van der Waals surface area contributed by atoms with E-state index in [-0.39, 0.29) is 0 Å². The Bertz CT molecular complexity index is 888. The number of nitrogens with zero attached hydrogens (tertiary/aromatic N) is 3. The van der Waals surface area contributed by atoms with Crippen molar-refractivity contribution >= 4 is 23.4 Å². The molecule has 26 heavy (non-hydrogen) atoms. The zero-order chi connectivity index (χ0) is 18.5. The molecule has 3 rings (SSSR count). The monoisotopic (exact) mass is 369 g/mol. The van der Waals surface area contributed by atoms with E-state index >= 15 is 0 Å². The molecule has 1 heterocycles. The Hall–Kier alpha value is -3.12. The molecule has 1 aromatic heterocycles. The van der Waals surface area contributed by atoms with Crippen molar-refractivity contribution in [2.75, 3.05) is 4.90 Å². The van der Waals surface area contributed by atoms with Crippen molar-refractivity contribution in [1.29, 1.82) is 0 Å². The summed E-state index contributed by atoms with van der Waals surface area (Å²) in [6.07, 6.45) is 3.55. The van der Waals surface area contributed by atoms with Gasteiger partial charge in [-0.25, -0.2) is 9.78 Å². The summed E-state index contributed by atoms with van der Waals surface area (Å²) in [5.74, 6) is 0.918. The Balaban J connectivity index is 1.87. The van der Waals surface area contributed by atoms with Gasteiger partial charge in [-0.05, 0) is 48.9 Å². The van der Waals surface area contributed by atoms with Gasteiger partial charge in [0.25, 0.3) is 0 Å². The van der Waals surface area contributed by atoms with Crippen LogP contribution in [-0.4, -0.2) is 21.2 Å².